The summed E-state index contributed by atoms with van der Waals surface area (Å²) in [6.07, 6.45) is 13.9. The number of aromatic nitrogens is 4. The van der Waals surface area contributed by atoms with Gasteiger partial charge in [0.05, 0.1) is 17.6 Å². The normalized spacial score (nSPS) is 22.2. The smallest absolute Gasteiger partial charge is 0.319 e. The lowest BCUT2D eigenvalue weighted by atomic mass is 9.91. The van der Waals surface area contributed by atoms with E-state index >= 15 is 8.78 Å². The lowest BCUT2D eigenvalue weighted by Crippen LogP contribution is -2.54. The van der Waals surface area contributed by atoms with Gasteiger partial charge in [-0.2, -0.15) is 15.1 Å². The standard InChI is InChI=1S/C43H50F2N8O3/c1-6-31-34(44)11-8-26-18-30(54)19-32(35(26)31)36-38(45)40-37(33-23-50(4)48-39(33)36)41(53-28-9-10-29(53)22-51(21-28)15-7-17-55-5)47-42(46-40)56-25-43(13-14-43)24-52-16-12-27(20-52)49(2)3/h1,8,11,18-19,23,27-29,54H,7,9-10,12-17,20-22,24-25H2,2-5H3/t27-,28-,29+/m0/s1. The molecule has 1 aliphatic carbocycles. The van der Waals surface area contributed by atoms with Crippen LogP contribution < -0.4 is 9.64 Å². The Bertz CT molecular complexity index is 2360. The zero-order chi connectivity index (χ0) is 38.9. The number of nitrogens with zero attached hydrogens (tertiary/aromatic N) is 8. The van der Waals surface area contributed by atoms with E-state index in [9.17, 15) is 5.11 Å². The number of rotatable bonds is 12. The highest BCUT2D eigenvalue weighted by atomic mass is 19.1. The van der Waals surface area contributed by atoms with Crippen molar-refractivity contribution < 1.29 is 23.4 Å². The highest BCUT2D eigenvalue weighted by Gasteiger charge is 2.47. The number of halogens is 2. The van der Waals surface area contributed by atoms with Gasteiger partial charge in [0, 0.05) is 99.6 Å². The van der Waals surface area contributed by atoms with E-state index in [1.165, 1.54) is 24.3 Å². The van der Waals surface area contributed by atoms with Gasteiger partial charge in [-0.25, -0.2) is 8.78 Å². The Kier molecular flexibility index (Phi) is 9.51. The van der Waals surface area contributed by atoms with Gasteiger partial charge in [-0.1, -0.05) is 12.0 Å². The van der Waals surface area contributed by atoms with Crippen molar-refractivity contribution in [3.63, 3.8) is 0 Å². The van der Waals surface area contributed by atoms with Crippen LogP contribution in [0.4, 0.5) is 14.6 Å². The second-order valence-corrected chi connectivity index (χ2v) is 16.8. The fourth-order valence-corrected chi connectivity index (χ4v) is 9.72. The maximum absolute atomic E-state index is 17.8. The number of anilines is 1. The average molecular weight is 765 g/mol. The number of likely N-dealkylation sites (N-methyl/N-ethyl adjacent to an activating group) is 1. The molecule has 2 bridgehead atoms. The molecule has 5 heterocycles. The predicted octanol–water partition coefficient (Wildman–Crippen LogP) is 5.79. The zero-order valence-corrected chi connectivity index (χ0v) is 32.7. The third kappa shape index (κ3) is 6.50. The van der Waals surface area contributed by atoms with E-state index in [-0.39, 0.29) is 51.5 Å². The van der Waals surface area contributed by atoms with Crippen molar-refractivity contribution in [1.82, 2.24) is 34.4 Å². The Morgan fingerprint density at radius 1 is 1.02 bits per heavy atom. The van der Waals surface area contributed by atoms with Crippen LogP contribution in [0, 0.1) is 29.4 Å². The topological polar surface area (TPSA) is 95.3 Å². The molecule has 13 heteroatoms. The number of ether oxygens (including phenoxy) is 2. The summed E-state index contributed by atoms with van der Waals surface area (Å²) in [7, 11) is 7.81. The number of methoxy groups -OCH3 is 1. The molecule has 11 nitrogen and oxygen atoms in total. The summed E-state index contributed by atoms with van der Waals surface area (Å²) < 4.78 is 46.7. The first kappa shape index (κ1) is 37.0. The van der Waals surface area contributed by atoms with Crippen LogP contribution in [0.5, 0.6) is 11.8 Å². The number of fused-ring (bicyclic) bond motifs is 6. The number of likely N-dealkylation sites (tertiary alicyclic amines) is 2. The first-order valence-corrected chi connectivity index (χ1v) is 19.9. The molecule has 294 valence electrons. The Hall–Kier alpha value is -4.61. The minimum absolute atomic E-state index is 0.000270. The lowest BCUT2D eigenvalue weighted by Gasteiger charge is -2.42. The van der Waals surface area contributed by atoms with Crippen molar-refractivity contribution in [2.75, 3.05) is 78.6 Å². The van der Waals surface area contributed by atoms with E-state index in [2.05, 4.69) is 39.6 Å². The first-order valence-electron chi connectivity index (χ1n) is 19.9. The number of benzene rings is 3. The van der Waals surface area contributed by atoms with Gasteiger partial charge in [0.25, 0.3) is 0 Å². The van der Waals surface area contributed by atoms with Crippen molar-refractivity contribution >= 4 is 38.4 Å². The van der Waals surface area contributed by atoms with Gasteiger partial charge < -0.3 is 29.3 Å². The van der Waals surface area contributed by atoms with E-state index in [1.54, 1.807) is 18.8 Å². The van der Waals surface area contributed by atoms with Gasteiger partial charge in [-0.15, -0.1) is 6.42 Å². The Balaban J connectivity index is 1.19. The molecule has 1 saturated carbocycles. The molecule has 3 atom stereocenters. The van der Waals surface area contributed by atoms with Crippen molar-refractivity contribution in [3.8, 4) is 35.2 Å². The third-order valence-corrected chi connectivity index (χ3v) is 12.7. The molecule has 3 saturated heterocycles. The molecule has 3 aromatic carbocycles. The number of hydrogen-bond acceptors (Lipinski definition) is 10. The van der Waals surface area contributed by atoms with E-state index < -0.39 is 11.6 Å². The number of aryl methyl sites for hydroxylation is 1. The van der Waals surface area contributed by atoms with Crippen LogP contribution in [-0.4, -0.2) is 131 Å². The molecule has 0 amide bonds. The van der Waals surface area contributed by atoms with Gasteiger partial charge in [0.2, 0.25) is 0 Å². The summed E-state index contributed by atoms with van der Waals surface area (Å²) in [5, 5.41) is 17.7. The monoisotopic (exact) mass is 764 g/mol. The van der Waals surface area contributed by atoms with Crippen LogP contribution >= 0.6 is 0 Å². The van der Waals surface area contributed by atoms with Crippen molar-refractivity contribution in [2.45, 2.75) is 56.7 Å². The average Bonchev–Trinajstić information content (AvgIpc) is 3.43. The van der Waals surface area contributed by atoms with Gasteiger partial charge in [0.1, 0.15) is 28.4 Å². The molecule has 56 heavy (non-hydrogen) atoms. The summed E-state index contributed by atoms with van der Waals surface area (Å²) in [6, 6.07) is 6.76. The summed E-state index contributed by atoms with van der Waals surface area (Å²) >= 11 is 0. The maximum atomic E-state index is 17.8. The third-order valence-electron chi connectivity index (χ3n) is 12.7. The number of hydrogen-bond donors (Lipinski definition) is 1. The van der Waals surface area contributed by atoms with Crippen LogP contribution in [0.2, 0.25) is 0 Å². The summed E-state index contributed by atoms with van der Waals surface area (Å²) in [4.78, 5) is 19.8. The fourth-order valence-electron chi connectivity index (χ4n) is 9.72. The minimum Gasteiger partial charge on any atom is -0.508 e. The Labute approximate surface area is 326 Å². The number of aromatic hydroxyl groups is 1. The van der Waals surface area contributed by atoms with Crippen molar-refractivity contribution in [3.05, 3.63) is 47.7 Å². The lowest BCUT2D eigenvalue weighted by molar-refractivity contribution is 0.158. The predicted molar refractivity (Wildman–Crippen MR) is 214 cm³/mol. The van der Waals surface area contributed by atoms with Gasteiger partial charge >= 0.3 is 6.01 Å². The van der Waals surface area contributed by atoms with Crippen LogP contribution in [0.15, 0.2) is 30.5 Å². The first-order chi connectivity index (χ1) is 27.1. The van der Waals surface area contributed by atoms with Crippen molar-refractivity contribution in [1.29, 1.82) is 0 Å². The second kappa shape index (κ2) is 14.4. The zero-order valence-electron chi connectivity index (χ0n) is 32.7. The molecule has 1 N–H and O–H groups in total. The summed E-state index contributed by atoms with van der Waals surface area (Å²) in [5.41, 5.74) is 0.745. The molecule has 9 rings (SSSR count). The van der Waals surface area contributed by atoms with Gasteiger partial charge in [0.15, 0.2) is 5.82 Å². The van der Waals surface area contributed by atoms with Crippen LogP contribution in [-0.2, 0) is 11.8 Å². The van der Waals surface area contributed by atoms with E-state index in [4.69, 9.17) is 31.0 Å². The maximum Gasteiger partial charge on any atom is 0.319 e. The molecule has 3 aliphatic heterocycles. The Morgan fingerprint density at radius 2 is 1.80 bits per heavy atom. The van der Waals surface area contributed by atoms with Crippen LogP contribution in [0.25, 0.3) is 43.7 Å². The minimum atomic E-state index is -0.655. The van der Waals surface area contributed by atoms with Crippen molar-refractivity contribution in [2.24, 2.45) is 12.5 Å². The quantitative estimate of drug-likeness (QED) is 0.124. The molecular weight excluding hydrogens is 715 g/mol. The molecular formula is C43H50F2N8O3. The van der Waals surface area contributed by atoms with Crippen LogP contribution in [0.3, 0.4) is 0 Å². The SMILES string of the molecule is C#Cc1c(F)ccc2cc(O)cc(-c3c(F)c4nc(OCC5(CN6CC[C@H](N(C)C)C6)CC5)nc(N5[C@@H]6CC[C@H]5CN(CCCOC)C6)c4c4cn(C)nc34)c12. The highest BCUT2D eigenvalue weighted by molar-refractivity contribution is 6.18. The molecule has 5 aromatic rings. The number of phenols is 1. The molecule has 2 aromatic heterocycles. The molecule has 0 unspecified atom stereocenters. The molecule has 0 radical (unpaired) electrons. The molecule has 4 aliphatic rings. The number of piperazine rings is 1. The van der Waals surface area contributed by atoms with Gasteiger partial charge in [-0.05, 0) is 88.3 Å². The van der Waals surface area contributed by atoms with E-state index in [0.29, 0.717) is 52.1 Å². The number of phenolic OH excluding ortho intramolecular Hbond substituents is 1. The Morgan fingerprint density at radius 3 is 2.50 bits per heavy atom. The van der Waals surface area contributed by atoms with Gasteiger partial charge in [-0.3, -0.25) is 9.58 Å². The van der Waals surface area contributed by atoms with E-state index in [1.807, 2.05) is 6.20 Å². The molecule has 4 fully saturated rings. The second-order valence-electron chi connectivity index (χ2n) is 16.8. The number of terminal acetylenes is 1. The fraction of sp³-hybridized carbons (Fsp3) is 0.512. The van der Waals surface area contributed by atoms with Crippen LogP contribution in [0.1, 0.15) is 44.1 Å². The summed E-state index contributed by atoms with van der Waals surface area (Å²) in [5.74, 6) is 1.74. The largest absolute Gasteiger partial charge is 0.508 e. The van der Waals surface area contributed by atoms with E-state index in [0.717, 1.165) is 77.8 Å². The summed E-state index contributed by atoms with van der Waals surface area (Å²) in [6.45, 7) is 6.87. The molecule has 0 spiro atoms. The highest BCUT2D eigenvalue weighted by Crippen LogP contribution is 2.49.